The van der Waals surface area contributed by atoms with Crippen LogP contribution >= 0.6 is 11.3 Å². The predicted molar refractivity (Wildman–Crippen MR) is 86.5 cm³/mol. The van der Waals surface area contributed by atoms with Gasteiger partial charge in [0, 0.05) is 6.54 Å². The van der Waals surface area contributed by atoms with Crippen LogP contribution in [-0.4, -0.2) is 19.2 Å². The Morgan fingerprint density at radius 1 is 1.05 bits per heavy atom. The second kappa shape index (κ2) is 6.01. The molecular formula is C16H16N2O2S. The van der Waals surface area contributed by atoms with Gasteiger partial charge in [0.15, 0.2) is 5.13 Å². The van der Waals surface area contributed by atoms with E-state index in [0.29, 0.717) is 6.54 Å². The molecule has 1 heterocycles. The maximum Gasteiger partial charge on any atom is 0.184 e. The first-order chi connectivity index (χ1) is 10.3. The molecule has 5 heteroatoms. The van der Waals surface area contributed by atoms with Crippen LogP contribution in [0.15, 0.2) is 42.5 Å². The van der Waals surface area contributed by atoms with Crippen molar-refractivity contribution in [2.75, 3.05) is 19.5 Å². The van der Waals surface area contributed by atoms with Crippen LogP contribution in [0.1, 0.15) is 5.56 Å². The highest BCUT2D eigenvalue weighted by Crippen LogP contribution is 2.29. The average molecular weight is 300 g/mol. The Morgan fingerprint density at radius 2 is 1.86 bits per heavy atom. The van der Waals surface area contributed by atoms with Gasteiger partial charge in [-0.15, -0.1) is 0 Å². The maximum absolute atomic E-state index is 5.23. The van der Waals surface area contributed by atoms with Gasteiger partial charge in [0.2, 0.25) is 0 Å². The smallest absolute Gasteiger partial charge is 0.184 e. The fourth-order valence-corrected chi connectivity index (χ4v) is 2.96. The van der Waals surface area contributed by atoms with Gasteiger partial charge in [-0.1, -0.05) is 23.5 Å². The highest BCUT2D eigenvalue weighted by molar-refractivity contribution is 7.22. The molecule has 0 atom stereocenters. The Balaban J connectivity index is 1.75. The van der Waals surface area contributed by atoms with E-state index in [9.17, 15) is 0 Å². The summed E-state index contributed by atoms with van der Waals surface area (Å²) in [5.41, 5.74) is 2.14. The van der Waals surface area contributed by atoms with E-state index >= 15 is 0 Å². The molecule has 1 N–H and O–H groups in total. The molecule has 0 bridgehead atoms. The third-order valence-corrected chi connectivity index (χ3v) is 4.15. The highest BCUT2D eigenvalue weighted by Gasteiger charge is 2.05. The summed E-state index contributed by atoms with van der Waals surface area (Å²) < 4.78 is 11.6. The summed E-state index contributed by atoms with van der Waals surface area (Å²) in [5.74, 6) is 1.72. The summed E-state index contributed by atoms with van der Waals surface area (Å²) in [6, 6.07) is 13.9. The molecule has 0 aliphatic rings. The lowest BCUT2D eigenvalue weighted by molar-refractivity contribution is 0.414. The van der Waals surface area contributed by atoms with Crippen molar-refractivity contribution in [2.24, 2.45) is 0 Å². The number of anilines is 1. The highest BCUT2D eigenvalue weighted by atomic mass is 32.1. The molecule has 1 aromatic heterocycles. The van der Waals surface area contributed by atoms with E-state index in [2.05, 4.69) is 16.4 Å². The largest absolute Gasteiger partial charge is 0.497 e. The van der Waals surface area contributed by atoms with Gasteiger partial charge in [-0.25, -0.2) is 4.98 Å². The molecule has 21 heavy (non-hydrogen) atoms. The Kier molecular flexibility index (Phi) is 3.92. The second-order valence-electron chi connectivity index (χ2n) is 4.56. The monoisotopic (exact) mass is 300 g/mol. The molecule has 2 aromatic carbocycles. The molecule has 0 amide bonds. The first-order valence-electron chi connectivity index (χ1n) is 6.60. The molecule has 0 saturated heterocycles. The van der Waals surface area contributed by atoms with E-state index < -0.39 is 0 Å². The zero-order valence-corrected chi connectivity index (χ0v) is 12.7. The number of aromatic nitrogens is 1. The number of methoxy groups -OCH3 is 2. The van der Waals surface area contributed by atoms with Gasteiger partial charge in [0.25, 0.3) is 0 Å². The summed E-state index contributed by atoms with van der Waals surface area (Å²) in [6.45, 7) is 0.716. The summed E-state index contributed by atoms with van der Waals surface area (Å²) in [4.78, 5) is 4.57. The number of nitrogens with zero attached hydrogens (tertiary/aromatic N) is 1. The second-order valence-corrected chi connectivity index (χ2v) is 5.59. The number of nitrogens with one attached hydrogen (secondary N) is 1. The van der Waals surface area contributed by atoms with Gasteiger partial charge in [-0.05, 0) is 35.9 Å². The van der Waals surface area contributed by atoms with Gasteiger partial charge in [0.1, 0.15) is 11.5 Å². The summed E-state index contributed by atoms with van der Waals surface area (Å²) in [5, 5.41) is 4.25. The Bertz CT molecular complexity index is 755. The lowest BCUT2D eigenvalue weighted by Gasteiger charge is -2.05. The number of hydrogen-bond donors (Lipinski definition) is 1. The quantitative estimate of drug-likeness (QED) is 0.775. The van der Waals surface area contributed by atoms with E-state index in [1.165, 1.54) is 0 Å². The van der Waals surface area contributed by atoms with Crippen molar-refractivity contribution in [1.82, 2.24) is 4.98 Å². The lowest BCUT2D eigenvalue weighted by atomic mass is 10.2. The van der Waals surface area contributed by atoms with Crippen molar-refractivity contribution in [2.45, 2.75) is 6.54 Å². The van der Waals surface area contributed by atoms with Crippen LogP contribution in [0.2, 0.25) is 0 Å². The van der Waals surface area contributed by atoms with Crippen molar-refractivity contribution >= 4 is 26.7 Å². The van der Waals surface area contributed by atoms with Crippen molar-refractivity contribution in [3.05, 3.63) is 48.0 Å². The van der Waals surface area contributed by atoms with Gasteiger partial charge < -0.3 is 14.8 Å². The number of fused-ring (bicyclic) bond motifs is 1. The summed E-state index contributed by atoms with van der Waals surface area (Å²) in [7, 11) is 3.34. The molecule has 0 fully saturated rings. The summed E-state index contributed by atoms with van der Waals surface area (Å²) in [6.07, 6.45) is 0. The van der Waals surface area contributed by atoms with Crippen LogP contribution in [0.4, 0.5) is 5.13 Å². The van der Waals surface area contributed by atoms with Crippen LogP contribution in [-0.2, 0) is 6.54 Å². The maximum atomic E-state index is 5.23. The number of benzene rings is 2. The van der Waals surface area contributed by atoms with E-state index in [4.69, 9.17) is 9.47 Å². The van der Waals surface area contributed by atoms with Crippen LogP contribution in [0, 0.1) is 0 Å². The fourth-order valence-electron chi connectivity index (χ4n) is 2.07. The summed E-state index contributed by atoms with van der Waals surface area (Å²) >= 11 is 1.62. The van der Waals surface area contributed by atoms with Crippen molar-refractivity contribution in [1.29, 1.82) is 0 Å². The molecule has 3 rings (SSSR count). The molecule has 0 aliphatic heterocycles. The van der Waals surface area contributed by atoms with E-state index in [-0.39, 0.29) is 0 Å². The number of thiazole rings is 1. The Morgan fingerprint density at radius 3 is 2.67 bits per heavy atom. The number of hydrogen-bond acceptors (Lipinski definition) is 5. The SMILES string of the molecule is COc1cccc(CNc2nc3ccc(OC)cc3s2)c1. The van der Waals surface area contributed by atoms with Gasteiger partial charge in [0.05, 0.1) is 24.4 Å². The molecular weight excluding hydrogens is 284 g/mol. The van der Waals surface area contributed by atoms with Crippen LogP contribution in [0.25, 0.3) is 10.2 Å². The predicted octanol–water partition coefficient (Wildman–Crippen LogP) is 3.93. The minimum absolute atomic E-state index is 0.716. The third-order valence-electron chi connectivity index (χ3n) is 3.17. The normalized spacial score (nSPS) is 10.6. The zero-order valence-electron chi connectivity index (χ0n) is 11.9. The van der Waals surface area contributed by atoms with Gasteiger partial charge >= 0.3 is 0 Å². The molecule has 0 spiro atoms. The molecule has 0 unspecified atom stereocenters. The van der Waals surface area contributed by atoms with Crippen LogP contribution in [0.3, 0.4) is 0 Å². The lowest BCUT2D eigenvalue weighted by Crippen LogP contribution is -1.98. The van der Waals surface area contributed by atoms with Gasteiger partial charge in [-0.2, -0.15) is 0 Å². The van der Waals surface area contributed by atoms with E-state index in [1.54, 1.807) is 25.6 Å². The average Bonchev–Trinajstić information content (AvgIpc) is 2.95. The fraction of sp³-hybridized carbons (Fsp3) is 0.188. The molecule has 0 aliphatic carbocycles. The first-order valence-corrected chi connectivity index (χ1v) is 7.41. The van der Waals surface area contributed by atoms with Crippen molar-refractivity contribution in [3.63, 3.8) is 0 Å². The zero-order chi connectivity index (χ0) is 14.7. The topological polar surface area (TPSA) is 43.4 Å². The minimum Gasteiger partial charge on any atom is -0.497 e. The standard InChI is InChI=1S/C16H16N2O2S/c1-19-12-5-3-4-11(8-12)10-17-16-18-14-7-6-13(20-2)9-15(14)21-16/h3-9H,10H2,1-2H3,(H,17,18). The van der Waals surface area contributed by atoms with Crippen molar-refractivity contribution in [3.8, 4) is 11.5 Å². The van der Waals surface area contributed by atoms with E-state index in [1.807, 2.05) is 36.4 Å². The Labute approximate surface area is 127 Å². The Hall–Kier alpha value is -2.27. The van der Waals surface area contributed by atoms with Crippen LogP contribution < -0.4 is 14.8 Å². The number of rotatable bonds is 5. The molecule has 0 radical (unpaired) electrons. The third kappa shape index (κ3) is 3.08. The molecule has 3 aromatic rings. The number of ether oxygens (including phenoxy) is 2. The van der Waals surface area contributed by atoms with Crippen molar-refractivity contribution < 1.29 is 9.47 Å². The minimum atomic E-state index is 0.716. The van der Waals surface area contributed by atoms with Crippen LogP contribution in [0.5, 0.6) is 11.5 Å². The molecule has 108 valence electrons. The first kappa shape index (κ1) is 13.7. The van der Waals surface area contributed by atoms with Gasteiger partial charge in [-0.3, -0.25) is 0 Å². The molecule has 0 saturated carbocycles. The van der Waals surface area contributed by atoms with E-state index in [0.717, 1.165) is 32.4 Å². The molecule has 4 nitrogen and oxygen atoms in total.